The van der Waals surface area contributed by atoms with Gasteiger partial charge in [0.25, 0.3) is 5.91 Å². The van der Waals surface area contributed by atoms with Crippen LogP contribution in [0.4, 0.5) is 17.2 Å². The van der Waals surface area contributed by atoms with Crippen LogP contribution in [0.2, 0.25) is 0 Å². The molecule has 5 aromatic rings. The molecular formula is C31H27N7O. The molecule has 0 atom stereocenters. The third-order valence-corrected chi connectivity index (χ3v) is 7.16. The molecule has 0 spiro atoms. The summed E-state index contributed by atoms with van der Waals surface area (Å²) in [4.78, 5) is 24.5. The highest BCUT2D eigenvalue weighted by Crippen LogP contribution is 2.38. The van der Waals surface area contributed by atoms with Crippen molar-refractivity contribution >= 4 is 23.1 Å². The smallest absolute Gasteiger partial charge is 0.274 e. The Morgan fingerprint density at radius 1 is 0.846 bits per heavy atom. The lowest BCUT2D eigenvalue weighted by Gasteiger charge is -2.23. The maximum atomic E-state index is 13.1. The van der Waals surface area contributed by atoms with Crippen LogP contribution < -0.4 is 10.2 Å². The number of hydrogen-bond donors (Lipinski definition) is 1. The van der Waals surface area contributed by atoms with Gasteiger partial charge in [-0.3, -0.25) is 9.78 Å². The van der Waals surface area contributed by atoms with Gasteiger partial charge in [-0.25, -0.2) is 4.98 Å². The van der Waals surface area contributed by atoms with E-state index in [2.05, 4.69) is 60.3 Å². The predicted octanol–water partition coefficient (Wildman–Crippen LogP) is 6.29. The van der Waals surface area contributed by atoms with E-state index in [0.29, 0.717) is 23.5 Å². The molecule has 7 rings (SSSR count). The molecule has 0 unspecified atom stereocenters. The van der Waals surface area contributed by atoms with E-state index < -0.39 is 0 Å². The number of anilines is 3. The first-order chi connectivity index (χ1) is 19.2. The summed E-state index contributed by atoms with van der Waals surface area (Å²) >= 11 is 0. The Balaban J connectivity index is 1.09. The number of benzene rings is 2. The number of nitrogens with zero attached hydrogens (tertiary/aromatic N) is 6. The molecule has 1 N–H and O–H groups in total. The summed E-state index contributed by atoms with van der Waals surface area (Å²) in [5.74, 6) is 1.47. The van der Waals surface area contributed by atoms with Crippen LogP contribution in [0.1, 0.15) is 42.2 Å². The summed E-state index contributed by atoms with van der Waals surface area (Å²) in [6.07, 6.45) is 9.94. The summed E-state index contributed by atoms with van der Waals surface area (Å²) in [5.41, 5.74) is 4.91. The number of carbonyl (C=O) groups is 1. The third-order valence-electron chi connectivity index (χ3n) is 7.16. The SMILES string of the molecule is O=C(Nc1cccc(-c2nncn2C2CC2)c1)c1cc(-c2ccc(N(c3ccccc3)C3CC3)nc2)ccn1. The highest BCUT2D eigenvalue weighted by Gasteiger charge is 2.31. The van der Waals surface area contributed by atoms with E-state index in [4.69, 9.17) is 4.98 Å². The largest absolute Gasteiger partial charge is 0.323 e. The molecule has 0 bridgehead atoms. The van der Waals surface area contributed by atoms with Gasteiger partial charge in [-0.05, 0) is 79.8 Å². The van der Waals surface area contributed by atoms with Gasteiger partial charge in [-0.2, -0.15) is 0 Å². The second-order valence-electron chi connectivity index (χ2n) is 10.1. The molecule has 192 valence electrons. The second kappa shape index (κ2) is 9.79. The van der Waals surface area contributed by atoms with Crippen molar-refractivity contribution in [3.63, 3.8) is 0 Å². The first kappa shape index (κ1) is 23.3. The fourth-order valence-electron chi connectivity index (χ4n) is 4.89. The number of para-hydroxylation sites is 1. The van der Waals surface area contributed by atoms with Gasteiger partial charge >= 0.3 is 0 Å². The van der Waals surface area contributed by atoms with Gasteiger partial charge in [-0.15, -0.1) is 10.2 Å². The average Bonchev–Trinajstić information content (AvgIpc) is 3.94. The van der Waals surface area contributed by atoms with Crippen LogP contribution in [0.25, 0.3) is 22.5 Å². The molecule has 2 aliphatic carbocycles. The Morgan fingerprint density at radius 2 is 1.72 bits per heavy atom. The highest BCUT2D eigenvalue weighted by molar-refractivity contribution is 6.03. The van der Waals surface area contributed by atoms with Crippen LogP contribution in [0.3, 0.4) is 0 Å². The van der Waals surface area contributed by atoms with E-state index in [1.54, 1.807) is 18.6 Å². The van der Waals surface area contributed by atoms with Crippen LogP contribution in [0.5, 0.6) is 0 Å². The van der Waals surface area contributed by atoms with Gasteiger partial charge in [0.15, 0.2) is 5.82 Å². The van der Waals surface area contributed by atoms with Crippen molar-refractivity contribution in [2.75, 3.05) is 10.2 Å². The highest BCUT2D eigenvalue weighted by atomic mass is 16.1. The van der Waals surface area contributed by atoms with E-state index in [0.717, 1.165) is 46.9 Å². The summed E-state index contributed by atoms with van der Waals surface area (Å²) < 4.78 is 2.11. The number of aromatic nitrogens is 5. The number of pyridine rings is 2. The fraction of sp³-hybridized carbons (Fsp3) is 0.194. The number of carbonyl (C=O) groups excluding carboxylic acids is 1. The number of amides is 1. The van der Waals surface area contributed by atoms with E-state index >= 15 is 0 Å². The third kappa shape index (κ3) is 4.88. The van der Waals surface area contributed by atoms with E-state index in [-0.39, 0.29) is 5.91 Å². The van der Waals surface area contributed by atoms with Gasteiger partial charge in [0.05, 0.1) is 0 Å². The van der Waals surface area contributed by atoms with Crippen molar-refractivity contribution in [3.05, 3.63) is 103 Å². The van der Waals surface area contributed by atoms with Crippen molar-refractivity contribution in [1.82, 2.24) is 24.7 Å². The molecule has 8 nitrogen and oxygen atoms in total. The first-order valence-corrected chi connectivity index (χ1v) is 13.3. The predicted molar refractivity (Wildman–Crippen MR) is 151 cm³/mol. The minimum absolute atomic E-state index is 0.272. The van der Waals surface area contributed by atoms with Gasteiger partial charge in [0.1, 0.15) is 17.8 Å². The Labute approximate surface area is 226 Å². The van der Waals surface area contributed by atoms with Gasteiger partial charge in [0, 0.05) is 47.0 Å². The van der Waals surface area contributed by atoms with E-state index in [9.17, 15) is 4.79 Å². The lowest BCUT2D eigenvalue weighted by atomic mass is 10.1. The molecule has 3 heterocycles. The molecule has 8 heteroatoms. The minimum Gasteiger partial charge on any atom is -0.323 e. The summed E-state index contributed by atoms with van der Waals surface area (Å²) in [6, 6.07) is 26.8. The quantitative estimate of drug-likeness (QED) is 0.262. The number of rotatable bonds is 8. The lowest BCUT2D eigenvalue weighted by molar-refractivity contribution is 0.102. The van der Waals surface area contributed by atoms with Crippen LogP contribution in [-0.4, -0.2) is 36.7 Å². The molecule has 0 saturated heterocycles. The zero-order valence-electron chi connectivity index (χ0n) is 21.3. The molecular weight excluding hydrogens is 486 g/mol. The summed E-state index contributed by atoms with van der Waals surface area (Å²) in [6.45, 7) is 0. The van der Waals surface area contributed by atoms with Crippen molar-refractivity contribution < 1.29 is 4.79 Å². The van der Waals surface area contributed by atoms with Crippen LogP contribution in [-0.2, 0) is 0 Å². The van der Waals surface area contributed by atoms with Crippen LogP contribution >= 0.6 is 0 Å². The molecule has 0 radical (unpaired) electrons. The molecule has 1 amide bonds. The molecule has 2 aromatic carbocycles. The second-order valence-corrected chi connectivity index (χ2v) is 10.1. The van der Waals surface area contributed by atoms with Crippen molar-refractivity contribution in [3.8, 4) is 22.5 Å². The summed E-state index contributed by atoms with van der Waals surface area (Å²) in [7, 11) is 0. The monoisotopic (exact) mass is 513 g/mol. The Bertz CT molecular complexity index is 1620. The van der Waals surface area contributed by atoms with E-state index in [1.165, 1.54) is 12.8 Å². The minimum atomic E-state index is -0.272. The molecule has 2 fully saturated rings. The Kier molecular flexibility index (Phi) is 5.85. The van der Waals surface area contributed by atoms with Crippen molar-refractivity contribution in [2.24, 2.45) is 0 Å². The van der Waals surface area contributed by atoms with Crippen molar-refractivity contribution in [2.45, 2.75) is 37.8 Å². The number of nitrogens with one attached hydrogen (secondary N) is 1. The normalized spacial score (nSPS) is 14.7. The van der Waals surface area contributed by atoms with E-state index in [1.807, 2.05) is 48.7 Å². The zero-order chi connectivity index (χ0) is 26.2. The van der Waals surface area contributed by atoms with Gasteiger partial charge < -0.3 is 14.8 Å². The van der Waals surface area contributed by atoms with Crippen LogP contribution in [0.15, 0.2) is 97.6 Å². The van der Waals surface area contributed by atoms with Crippen molar-refractivity contribution in [1.29, 1.82) is 0 Å². The van der Waals surface area contributed by atoms with Gasteiger partial charge in [0.2, 0.25) is 0 Å². The standard InChI is InChI=1S/C31H27N7O/c39-31(35-24-6-4-5-22(17-24)30-36-34-20-37(30)25-10-11-25)28-18-21(15-16-32-28)23-9-14-29(33-19-23)38(27-12-13-27)26-7-2-1-3-8-26/h1-9,14-20,25,27H,10-13H2,(H,35,39). The number of hydrogen-bond acceptors (Lipinski definition) is 6. The molecule has 0 aliphatic heterocycles. The Morgan fingerprint density at radius 3 is 2.49 bits per heavy atom. The molecule has 2 saturated carbocycles. The maximum absolute atomic E-state index is 13.1. The zero-order valence-corrected chi connectivity index (χ0v) is 21.3. The average molecular weight is 514 g/mol. The molecule has 39 heavy (non-hydrogen) atoms. The fourth-order valence-corrected chi connectivity index (χ4v) is 4.89. The maximum Gasteiger partial charge on any atom is 0.274 e. The first-order valence-electron chi connectivity index (χ1n) is 13.3. The Hall–Kier alpha value is -4.85. The topological polar surface area (TPSA) is 88.8 Å². The lowest BCUT2D eigenvalue weighted by Crippen LogP contribution is -2.20. The summed E-state index contributed by atoms with van der Waals surface area (Å²) in [5, 5.41) is 11.4. The van der Waals surface area contributed by atoms with Crippen LogP contribution in [0, 0.1) is 0 Å². The molecule has 2 aliphatic rings. The van der Waals surface area contributed by atoms with Gasteiger partial charge in [-0.1, -0.05) is 30.3 Å². The molecule has 3 aromatic heterocycles.